The second-order valence-corrected chi connectivity index (χ2v) is 5.58. The quantitative estimate of drug-likeness (QED) is 0.788. The van der Waals surface area contributed by atoms with Gasteiger partial charge in [0.25, 0.3) is 0 Å². The van der Waals surface area contributed by atoms with Crippen LogP contribution < -0.4 is 5.32 Å². The van der Waals surface area contributed by atoms with Crippen LogP contribution in [0.15, 0.2) is 0 Å². The summed E-state index contributed by atoms with van der Waals surface area (Å²) < 4.78 is 5.67. The van der Waals surface area contributed by atoms with Crippen molar-refractivity contribution < 1.29 is 14.6 Å². The molecule has 0 aliphatic carbocycles. The van der Waals surface area contributed by atoms with Gasteiger partial charge in [-0.1, -0.05) is 20.8 Å². The number of carbonyl (C=O) groups is 1. The van der Waals surface area contributed by atoms with E-state index in [4.69, 9.17) is 4.74 Å². The summed E-state index contributed by atoms with van der Waals surface area (Å²) in [6.45, 7) is 10.2. The number of hydrogen-bond donors (Lipinski definition) is 2. The molecule has 1 aliphatic rings. The minimum Gasteiger partial charge on any atom is -0.388 e. The summed E-state index contributed by atoms with van der Waals surface area (Å²) >= 11 is 0. The Balaban J connectivity index is 2.56. The molecule has 4 nitrogen and oxygen atoms in total. The van der Waals surface area contributed by atoms with Crippen LogP contribution in [0.25, 0.3) is 0 Å². The molecule has 1 aliphatic heterocycles. The van der Waals surface area contributed by atoms with Crippen LogP contribution in [0.3, 0.4) is 0 Å². The van der Waals surface area contributed by atoms with Crippen LogP contribution >= 0.6 is 0 Å². The fraction of sp³-hybridized carbons (Fsp3) is 0.929. The first-order valence-corrected chi connectivity index (χ1v) is 7.00. The Hall–Kier alpha value is -0.610. The van der Waals surface area contributed by atoms with E-state index in [9.17, 15) is 9.90 Å². The third-order valence-electron chi connectivity index (χ3n) is 4.45. The summed E-state index contributed by atoms with van der Waals surface area (Å²) in [5, 5.41) is 13.0. The van der Waals surface area contributed by atoms with Gasteiger partial charge in [-0.2, -0.15) is 0 Å². The maximum absolute atomic E-state index is 12.2. The SMILES string of the molecule is CCC(O)(CC)CNC(=O)C1C(C)OC(C)C1C. The number of amides is 1. The van der Waals surface area contributed by atoms with Gasteiger partial charge in [-0.15, -0.1) is 0 Å². The maximum Gasteiger partial charge on any atom is 0.226 e. The highest BCUT2D eigenvalue weighted by molar-refractivity contribution is 5.80. The Morgan fingerprint density at radius 1 is 1.22 bits per heavy atom. The van der Waals surface area contributed by atoms with Gasteiger partial charge in [-0.05, 0) is 32.6 Å². The smallest absolute Gasteiger partial charge is 0.226 e. The number of carbonyl (C=O) groups excluding carboxylic acids is 1. The van der Waals surface area contributed by atoms with Gasteiger partial charge in [0.2, 0.25) is 5.91 Å². The summed E-state index contributed by atoms with van der Waals surface area (Å²) in [6.07, 6.45) is 1.36. The molecule has 4 heteroatoms. The zero-order valence-electron chi connectivity index (χ0n) is 12.2. The third kappa shape index (κ3) is 3.23. The predicted octanol–water partition coefficient (Wildman–Crippen LogP) is 1.71. The first-order chi connectivity index (χ1) is 8.34. The number of aliphatic hydroxyl groups is 1. The lowest BCUT2D eigenvalue weighted by atomic mass is 9.88. The zero-order valence-corrected chi connectivity index (χ0v) is 12.2. The predicted molar refractivity (Wildman–Crippen MR) is 71.2 cm³/mol. The molecule has 2 N–H and O–H groups in total. The van der Waals surface area contributed by atoms with Crippen molar-refractivity contribution in [1.29, 1.82) is 0 Å². The van der Waals surface area contributed by atoms with E-state index in [2.05, 4.69) is 5.32 Å². The lowest BCUT2D eigenvalue weighted by Crippen LogP contribution is -2.46. The van der Waals surface area contributed by atoms with E-state index in [-0.39, 0.29) is 30.0 Å². The average molecular weight is 257 g/mol. The van der Waals surface area contributed by atoms with Crippen molar-refractivity contribution in [2.24, 2.45) is 11.8 Å². The molecule has 106 valence electrons. The van der Waals surface area contributed by atoms with Crippen molar-refractivity contribution in [1.82, 2.24) is 5.32 Å². The largest absolute Gasteiger partial charge is 0.388 e. The Labute approximate surface area is 110 Å². The molecule has 0 aromatic rings. The van der Waals surface area contributed by atoms with Gasteiger partial charge in [0, 0.05) is 6.54 Å². The van der Waals surface area contributed by atoms with Crippen LogP contribution in [0.1, 0.15) is 47.5 Å². The highest BCUT2D eigenvalue weighted by atomic mass is 16.5. The Morgan fingerprint density at radius 3 is 2.17 bits per heavy atom. The maximum atomic E-state index is 12.2. The van der Waals surface area contributed by atoms with E-state index < -0.39 is 5.60 Å². The van der Waals surface area contributed by atoms with Crippen LogP contribution in [0.4, 0.5) is 0 Å². The molecule has 1 saturated heterocycles. The topological polar surface area (TPSA) is 58.6 Å². The molecule has 0 radical (unpaired) electrons. The van der Waals surface area contributed by atoms with Gasteiger partial charge in [0.1, 0.15) is 0 Å². The summed E-state index contributed by atoms with van der Waals surface area (Å²) in [6, 6.07) is 0. The van der Waals surface area contributed by atoms with Crippen LogP contribution in [-0.2, 0) is 9.53 Å². The standard InChI is InChI=1S/C14H27NO3/c1-6-14(17,7-2)8-15-13(16)12-9(3)10(4)18-11(12)5/h9-12,17H,6-8H2,1-5H3,(H,15,16). The molecule has 1 heterocycles. The van der Waals surface area contributed by atoms with Crippen molar-refractivity contribution in [3.63, 3.8) is 0 Å². The van der Waals surface area contributed by atoms with Gasteiger partial charge in [-0.3, -0.25) is 4.79 Å². The molecule has 1 rings (SSSR count). The number of rotatable bonds is 5. The second-order valence-electron chi connectivity index (χ2n) is 5.58. The molecular formula is C14H27NO3. The molecule has 1 amide bonds. The molecule has 0 saturated carbocycles. The second kappa shape index (κ2) is 6.02. The normalized spacial score (nSPS) is 32.6. The van der Waals surface area contributed by atoms with Gasteiger partial charge >= 0.3 is 0 Å². The Kier molecular flexibility index (Phi) is 5.17. The Bertz CT molecular complexity index is 289. The van der Waals surface area contributed by atoms with Crippen molar-refractivity contribution >= 4 is 5.91 Å². The van der Waals surface area contributed by atoms with Crippen LogP contribution in [0.5, 0.6) is 0 Å². The third-order valence-corrected chi connectivity index (χ3v) is 4.45. The Morgan fingerprint density at radius 2 is 1.78 bits per heavy atom. The summed E-state index contributed by atoms with van der Waals surface area (Å²) in [5.74, 6) is 0.106. The molecular weight excluding hydrogens is 230 g/mol. The molecule has 0 aromatic heterocycles. The van der Waals surface area contributed by atoms with Crippen molar-refractivity contribution in [3.05, 3.63) is 0 Å². The first-order valence-electron chi connectivity index (χ1n) is 7.00. The lowest BCUT2D eigenvalue weighted by Gasteiger charge is -2.27. The average Bonchev–Trinajstić information content (AvgIpc) is 2.60. The number of ether oxygens (including phenoxy) is 1. The summed E-state index contributed by atoms with van der Waals surface area (Å²) in [7, 11) is 0. The van der Waals surface area contributed by atoms with E-state index in [1.165, 1.54) is 0 Å². The number of nitrogens with one attached hydrogen (secondary N) is 1. The van der Waals surface area contributed by atoms with E-state index in [1.807, 2.05) is 34.6 Å². The highest BCUT2D eigenvalue weighted by Crippen LogP contribution is 2.32. The van der Waals surface area contributed by atoms with Gasteiger partial charge in [-0.25, -0.2) is 0 Å². The van der Waals surface area contributed by atoms with E-state index in [1.54, 1.807) is 0 Å². The van der Waals surface area contributed by atoms with E-state index in [0.29, 0.717) is 19.4 Å². The molecule has 0 spiro atoms. The molecule has 4 atom stereocenters. The van der Waals surface area contributed by atoms with Gasteiger partial charge in [0.05, 0.1) is 23.7 Å². The summed E-state index contributed by atoms with van der Waals surface area (Å²) in [4.78, 5) is 12.2. The fourth-order valence-corrected chi connectivity index (χ4v) is 2.59. The van der Waals surface area contributed by atoms with Crippen LogP contribution in [0, 0.1) is 11.8 Å². The first kappa shape index (κ1) is 15.4. The van der Waals surface area contributed by atoms with Crippen molar-refractivity contribution in [3.8, 4) is 0 Å². The highest BCUT2D eigenvalue weighted by Gasteiger charge is 2.41. The van der Waals surface area contributed by atoms with Gasteiger partial charge < -0.3 is 15.2 Å². The lowest BCUT2D eigenvalue weighted by molar-refractivity contribution is -0.128. The van der Waals surface area contributed by atoms with Crippen LogP contribution in [-0.4, -0.2) is 35.4 Å². The molecule has 18 heavy (non-hydrogen) atoms. The zero-order chi connectivity index (χ0) is 13.9. The molecule has 0 bridgehead atoms. The molecule has 1 fully saturated rings. The minimum absolute atomic E-state index is 0.000301. The summed E-state index contributed by atoms with van der Waals surface area (Å²) in [5.41, 5.74) is -0.785. The monoisotopic (exact) mass is 257 g/mol. The fourth-order valence-electron chi connectivity index (χ4n) is 2.59. The van der Waals surface area contributed by atoms with E-state index >= 15 is 0 Å². The van der Waals surface area contributed by atoms with Crippen LogP contribution in [0.2, 0.25) is 0 Å². The molecule has 4 unspecified atom stereocenters. The minimum atomic E-state index is -0.785. The van der Waals surface area contributed by atoms with Crippen molar-refractivity contribution in [2.75, 3.05) is 6.54 Å². The number of hydrogen-bond acceptors (Lipinski definition) is 3. The van der Waals surface area contributed by atoms with E-state index in [0.717, 1.165) is 0 Å². The van der Waals surface area contributed by atoms with Gasteiger partial charge in [0.15, 0.2) is 0 Å². The molecule has 0 aromatic carbocycles. The van der Waals surface area contributed by atoms with Crippen molar-refractivity contribution in [2.45, 2.75) is 65.3 Å².